The van der Waals surface area contributed by atoms with Crippen LogP contribution in [-0.2, 0) is 4.79 Å². The minimum atomic E-state index is -2.62. The highest BCUT2D eigenvalue weighted by Gasteiger charge is 2.22. The molecule has 0 bridgehead atoms. The van der Waals surface area contributed by atoms with Crippen molar-refractivity contribution in [1.29, 1.82) is 0 Å². The highest BCUT2D eigenvalue weighted by atomic mass is 32.2. The molecule has 168 valence electrons. The molecule has 0 aliphatic heterocycles. The van der Waals surface area contributed by atoms with Gasteiger partial charge in [0.2, 0.25) is 0 Å². The van der Waals surface area contributed by atoms with Crippen LogP contribution >= 0.6 is 11.8 Å². The fourth-order valence-electron chi connectivity index (χ4n) is 2.34. The predicted octanol–water partition coefficient (Wildman–Crippen LogP) is 6.54. The molecule has 0 saturated carbocycles. The molecule has 0 saturated heterocycles. The Morgan fingerprint density at radius 1 is 1.28 bits per heavy atom. The lowest BCUT2D eigenvalue weighted by molar-refractivity contribution is -0.128. The molecule has 0 aliphatic carbocycles. The van der Waals surface area contributed by atoms with E-state index < -0.39 is 12.5 Å². The number of halogens is 3. The second-order valence-corrected chi connectivity index (χ2v) is 7.15. The van der Waals surface area contributed by atoms with Crippen LogP contribution in [0.3, 0.4) is 0 Å². The molecule has 3 nitrogen and oxygen atoms in total. The summed E-state index contributed by atoms with van der Waals surface area (Å²) >= 11 is 1.72. The van der Waals surface area contributed by atoms with Gasteiger partial charge in [-0.3, -0.25) is 9.18 Å². The Morgan fingerprint density at radius 2 is 1.90 bits per heavy atom. The third-order valence-electron chi connectivity index (χ3n) is 3.59. The SMILES string of the molecule is C=Cc1ccc(OC(CC(C)C)C(=O)NCCCSC)cc1C(F)F.CC.CF. The summed E-state index contributed by atoms with van der Waals surface area (Å²) in [6, 6.07) is 4.42. The van der Waals surface area contributed by atoms with Gasteiger partial charge in [-0.2, -0.15) is 11.8 Å². The average Bonchev–Trinajstić information content (AvgIpc) is 2.73. The fraction of sp³-hybridized carbons (Fsp3) is 0.591. The lowest BCUT2D eigenvalue weighted by Crippen LogP contribution is -2.39. The largest absolute Gasteiger partial charge is 0.481 e. The van der Waals surface area contributed by atoms with Crippen molar-refractivity contribution >= 4 is 23.7 Å². The van der Waals surface area contributed by atoms with E-state index in [-0.39, 0.29) is 23.1 Å². The highest BCUT2D eigenvalue weighted by Crippen LogP contribution is 2.29. The van der Waals surface area contributed by atoms with Gasteiger partial charge in [0.15, 0.2) is 6.10 Å². The quantitative estimate of drug-likeness (QED) is 0.401. The van der Waals surface area contributed by atoms with Gasteiger partial charge in [0.25, 0.3) is 12.3 Å². The molecule has 0 spiro atoms. The van der Waals surface area contributed by atoms with Crippen molar-refractivity contribution in [1.82, 2.24) is 5.32 Å². The molecule has 1 N–H and O–H groups in total. The standard InChI is InChI=1S/C19H27F2NO2S.C2H6.CH3F/c1-5-14-7-8-15(12-16(14)18(20)21)24-17(11-13(2)3)19(23)22-9-6-10-25-4;2*1-2/h5,7-8,12-13,17-18H,1,6,9-11H2,2-4H3,(H,22,23);1-2H3;1H3. The fourth-order valence-corrected chi connectivity index (χ4v) is 2.78. The summed E-state index contributed by atoms with van der Waals surface area (Å²) in [5.74, 6) is 1.27. The Hall–Kier alpha value is -1.63. The number of hydrogen-bond acceptors (Lipinski definition) is 3. The van der Waals surface area contributed by atoms with Crippen LogP contribution in [0.15, 0.2) is 24.8 Å². The van der Waals surface area contributed by atoms with Crippen molar-refractivity contribution in [3.8, 4) is 5.75 Å². The number of thioether (sulfide) groups is 1. The number of carbonyl (C=O) groups is 1. The molecular weight excluding hydrogens is 399 g/mol. The van der Waals surface area contributed by atoms with Crippen molar-refractivity contribution in [2.24, 2.45) is 5.92 Å². The number of hydrogen-bond donors (Lipinski definition) is 1. The first-order valence-corrected chi connectivity index (χ1v) is 11.1. The first-order valence-electron chi connectivity index (χ1n) is 9.74. The molecule has 0 fully saturated rings. The molecule has 1 rings (SSSR count). The summed E-state index contributed by atoms with van der Waals surface area (Å²) in [5.41, 5.74) is 0.223. The molecular formula is C22H36F3NO2S. The van der Waals surface area contributed by atoms with Crippen LogP contribution in [0, 0.1) is 5.92 Å². The van der Waals surface area contributed by atoms with Crippen molar-refractivity contribution < 1.29 is 22.7 Å². The van der Waals surface area contributed by atoms with Gasteiger partial charge in [-0.1, -0.05) is 46.4 Å². The van der Waals surface area contributed by atoms with E-state index in [1.165, 1.54) is 18.2 Å². The van der Waals surface area contributed by atoms with Crippen molar-refractivity contribution in [2.45, 2.75) is 53.1 Å². The van der Waals surface area contributed by atoms with E-state index in [4.69, 9.17) is 4.74 Å². The molecule has 1 amide bonds. The van der Waals surface area contributed by atoms with Gasteiger partial charge in [0, 0.05) is 12.1 Å². The number of amides is 1. The van der Waals surface area contributed by atoms with E-state index in [9.17, 15) is 18.0 Å². The topological polar surface area (TPSA) is 38.3 Å². The number of carbonyl (C=O) groups excluding carboxylic acids is 1. The van der Waals surface area contributed by atoms with Crippen LogP contribution in [-0.4, -0.2) is 37.7 Å². The normalized spacial score (nSPS) is 11.0. The van der Waals surface area contributed by atoms with Crippen LogP contribution in [0.5, 0.6) is 5.75 Å². The third-order valence-corrected chi connectivity index (χ3v) is 4.29. The number of alkyl halides is 3. The monoisotopic (exact) mass is 435 g/mol. The van der Waals surface area contributed by atoms with Gasteiger partial charge in [-0.05, 0) is 48.5 Å². The smallest absolute Gasteiger partial charge is 0.264 e. The van der Waals surface area contributed by atoms with E-state index in [1.54, 1.807) is 17.8 Å². The Balaban J connectivity index is 0. The second kappa shape index (κ2) is 18.4. The van der Waals surface area contributed by atoms with E-state index >= 15 is 0 Å². The maximum Gasteiger partial charge on any atom is 0.264 e. The second-order valence-electron chi connectivity index (χ2n) is 6.17. The summed E-state index contributed by atoms with van der Waals surface area (Å²) in [7, 11) is 0.500. The molecule has 0 aliphatic rings. The number of nitrogens with one attached hydrogen (secondary N) is 1. The molecule has 1 aromatic carbocycles. The molecule has 0 radical (unpaired) electrons. The third kappa shape index (κ3) is 12.5. The van der Waals surface area contributed by atoms with Crippen LogP contribution in [0.25, 0.3) is 6.08 Å². The summed E-state index contributed by atoms with van der Waals surface area (Å²) < 4.78 is 41.6. The zero-order valence-corrected chi connectivity index (χ0v) is 19.3. The van der Waals surface area contributed by atoms with Crippen LogP contribution < -0.4 is 10.1 Å². The zero-order chi connectivity index (χ0) is 22.8. The Morgan fingerprint density at radius 3 is 2.38 bits per heavy atom. The van der Waals surface area contributed by atoms with Gasteiger partial charge in [-0.15, -0.1) is 0 Å². The van der Waals surface area contributed by atoms with E-state index in [0.29, 0.717) is 25.7 Å². The molecule has 1 atom stereocenters. The maximum absolute atomic E-state index is 13.2. The molecule has 0 heterocycles. The van der Waals surface area contributed by atoms with Crippen LogP contribution in [0.1, 0.15) is 58.1 Å². The lowest BCUT2D eigenvalue weighted by atomic mass is 10.0. The van der Waals surface area contributed by atoms with E-state index in [0.717, 1.165) is 12.2 Å². The Bertz CT molecular complexity index is 569. The molecule has 7 heteroatoms. The predicted molar refractivity (Wildman–Crippen MR) is 120 cm³/mol. The Labute approximate surface area is 178 Å². The minimum absolute atomic E-state index is 0.142. The van der Waals surface area contributed by atoms with Gasteiger partial charge in [-0.25, -0.2) is 8.78 Å². The van der Waals surface area contributed by atoms with Gasteiger partial charge in [0.1, 0.15) is 5.75 Å². The summed E-state index contributed by atoms with van der Waals surface area (Å²) in [6.45, 7) is 12.1. The number of rotatable bonds is 11. The zero-order valence-electron chi connectivity index (χ0n) is 18.4. The van der Waals surface area contributed by atoms with Gasteiger partial charge < -0.3 is 10.1 Å². The first-order chi connectivity index (χ1) is 13.9. The van der Waals surface area contributed by atoms with E-state index in [2.05, 4.69) is 11.9 Å². The molecule has 1 aromatic rings. The molecule has 29 heavy (non-hydrogen) atoms. The first kappa shape index (κ1) is 29.6. The molecule has 1 unspecified atom stereocenters. The van der Waals surface area contributed by atoms with Crippen LogP contribution in [0.2, 0.25) is 0 Å². The summed E-state index contributed by atoms with van der Waals surface area (Å²) in [6.07, 6.45) is 1.47. The number of ether oxygens (including phenoxy) is 1. The van der Waals surface area contributed by atoms with Crippen molar-refractivity contribution in [3.63, 3.8) is 0 Å². The summed E-state index contributed by atoms with van der Waals surface area (Å²) in [5, 5.41) is 2.86. The molecule has 0 aromatic heterocycles. The van der Waals surface area contributed by atoms with E-state index in [1.807, 2.05) is 34.0 Å². The minimum Gasteiger partial charge on any atom is -0.481 e. The van der Waals surface area contributed by atoms with Gasteiger partial charge >= 0.3 is 0 Å². The van der Waals surface area contributed by atoms with Crippen molar-refractivity contribution in [3.05, 3.63) is 35.9 Å². The Kier molecular flexibility index (Phi) is 18.8. The van der Waals surface area contributed by atoms with Crippen molar-refractivity contribution in [2.75, 3.05) is 25.7 Å². The summed E-state index contributed by atoms with van der Waals surface area (Å²) in [4.78, 5) is 12.4. The van der Waals surface area contributed by atoms with Gasteiger partial charge in [0.05, 0.1) is 7.18 Å². The highest BCUT2D eigenvalue weighted by molar-refractivity contribution is 7.98. The maximum atomic E-state index is 13.2. The van der Waals surface area contributed by atoms with Crippen LogP contribution in [0.4, 0.5) is 13.2 Å². The number of benzene rings is 1. The average molecular weight is 436 g/mol. The lowest BCUT2D eigenvalue weighted by Gasteiger charge is -2.21.